The second-order valence-electron chi connectivity index (χ2n) is 5.07. The molecule has 0 aliphatic heterocycles. The van der Waals surface area contributed by atoms with Gasteiger partial charge in [0, 0.05) is 22.1 Å². The molecule has 3 atom stereocenters. The second kappa shape index (κ2) is 6.13. The first-order valence-corrected chi connectivity index (χ1v) is 7.24. The Morgan fingerprint density at radius 3 is 2.89 bits per heavy atom. The van der Waals surface area contributed by atoms with Crippen LogP contribution >= 0.6 is 15.9 Å². The third-order valence-electron chi connectivity index (χ3n) is 3.56. The van der Waals surface area contributed by atoms with E-state index in [-0.39, 0.29) is 24.0 Å². The van der Waals surface area contributed by atoms with Crippen LogP contribution in [-0.2, 0) is 0 Å². The van der Waals surface area contributed by atoms with Gasteiger partial charge in [0.1, 0.15) is 5.82 Å². The summed E-state index contributed by atoms with van der Waals surface area (Å²) >= 11 is 3.26. The zero-order chi connectivity index (χ0) is 13.1. The Hall–Kier alpha value is -0.450. The average molecular weight is 316 g/mol. The molecule has 1 fully saturated rings. The summed E-state index contributed by atoms with van der Waals surface area (Å²) in [6, 6.07) is 5.39. The van der Waals surface area contributed by atoms with Crippen LogP contribution in [0.5, 0.6) is 0 Å². The summed E-state index contributed by atoms with van der Waals surface area (Å²) in [5.74, 6) is -0.194. The van der Waals surface area contributed by atoms with Crippen molar-refractivity contribution < 1.29 is 9.50 Å². The van der Waals surface area contributed by atoms with Crippen molar-refractivity contribution in [1.82, 2.24) is 5.32 Å². The highest BCUT2D eigenvalue weighted by Crippen LogP contribution is 2.24. The van der Waals surface area contributed by atoms with Crippen LogP contribution in [0.25, 0.3) is 0 Å². The van der Waals surface area contributed by atoms with E-state index < -0.39 is 0 Å². The molecule has 1 aromatic carbocycles. The molecule has 0 radical (unpaired) electrons. The lowest BCUT2D eigenvalue weighted by Crippen LogP contribution is -2.37. The van der Waals surface area contributed by atoms with E-state index in [1.54, 1.807) is 6.07 Å². The first-order chi connectivity index (χ1) is 8.56. The fourth-order valence-corrected chi connectivity index (χ4v) is 2.94. The summed E-state index contributed by atoms with van der Waals surface area (Å²) in [6.07, 6.45) is 3.54. The first kappa shape index (κ1) is 14.0. The largest absolute Gasteiger partial charge is 0.393 e. The number of aliphatic hydroxyl groups excluding tert-OH is 1. The van der Waals surface area contributed by atoms with Gasteiger partial charge in [0.15, 0.2) is 0 Å². The second-order valence-corrected chi connectivity index (χ2v) is 5.99. The van der Waals surface area contributed by atoms with Gasteiger partial charge >= 0.3 is 0 Å². The van der Waals surface area contributed by atoms with E-state index in [2.05, 4.69) is 21.2 Å². The van der Waals surface area contributed by atoms with Crippen LogP contribution in [-0.4, -0.2) is 17.3 Å². The maximum atomic E-state index is 13.8. The number of rotatable bonds is 3. The van der Waals surface area contributed by atoms with Crippen molar-refractivity contribution in [1.29, 1.82) is 0 Å². The van der Waals surface area contributed by atoms with Gasteiger partial charge < -0.3 is 10.4 Å². The van der Waals surface area contributed by atoms with Crippen LogP contribution in [0, 0.1) is 5.82 Å². The van der Waals surface area contributed by atoms with E-state index >= 15 is 0 Å². The highest BCUT2D eigenvalue weighted by Gasteiger charge is 2.22. The zero-order valence-corrected chi connectivity index (χ0v) is 12.1. The molecule has 2 nitrogen and oxygen atoms in total. The van der Waals surface area contributed by atoms with Gasteiger partial charge in [-0.2, -0.15) is 0 Å². The van der Waals surface area contributed by atoms with E-state index in [0.29, 0.717) is 5.56 Å². The number of aliphatic hydroxyl groups is 1. The molecule has 0 bridgehead atoms. The molecule has 2 N–H and O–H groups in total. The average Bonchev–Trinajstić information content (AvgIpc) is 2.28. The molecule has 100 valence electrons. The zero-order valence-electron chi connectivity index (χ0n) is 10.5. The van der Waals surface area contributed by atoms with Crippen LogP contribution in [0.15, 0.2) is 22.7 Å². The molecule has 18 heavy (non-hydrogen) atoms. The number of halogens is 2. The van der Waals surface area contributed by atoms with Gasteiger partial charge in [-0.1, -0.05) is 22.0 Å². The minimum atomic E-state index is -0.210. The maximum absolute atomic E-state index is 13.8. The van der Waals surface area contributed by atoms with Gasteiger partial charge in [-0.3, -0.25) is 0 Å². The molecule has 0 saturated heterocycles. The molecule has 1 aliphatic carbocycles. The van der Waals surface area contributed by atoms with Gasteiger partial charge in [0.25, 0.3) is 0 Å². The first-order valence-electron chi connectivity index (χ1n) is 6.45. The van der Waals surface area contributed by atoms with Crippen molar-refractivity contribution >= 4 is 15.9 Å². The van der Waals surface area contributed by atoms with Crippen molar-refractivity contribution in [2.75, 3.05) is 0 Å². The predicted octanol–water partition coefficient (Wildman–Crippen LogP) is 3.54. The number of nitrogens with one attached hydrogen (secondary N) is 1. The SMILES string of the molecule is CC(NC1CCCC(O)C1)c1ccc(Br)cc1F. The van der Waals surface area contributed by atoms with Crippen LogP contribution in [0.4, 0.5) is 4.39 Å². The minimum Gasteiger partial charge on any atom is -0.393 e. The highest BCUT2D eigenvalue weighted by atomic mass is 79.9. The number of hydrogen-bond donors (Lipinski definition) is 2. The Balaban J connectivity index is 2.00. The number of hydrogen-bond acceptors (Lipinski definition) is 2. The molecule has 0 spiro atoms. The lowest BCUT2D eigenvalue weighted by atomic mass is 9.92. The summed E-state index contributed by atoms with van der Waals surface area (Å²) in [7, 11) is 0. The lowest BCUT2D eigenvalue weighted by Gasteiger charge is -2.29. The van der Waals surface area contributed by atoms with E-state index in [1.807, 2.05) is 13.0 Å². The Labute approximate surface area is 116 Å². The summed E-state index contributed by atoms with van der Waals surface area (Å²) in [5, 5.41) is 13.0. The fraction of sp³-hybridized carbons (Fsp3) is 0.571. The summed E-state index contributed by atoms with van der Waals surface area (Å²) in [6.45, 7) is 1.97. The van der Waals surface area contributed by atoms with E-state index in [1.165, 1.54) is 6.07 Å². The molecule has 1 aromatic rings. The maximum Gasteiger partial charge on any atom is 0.129 e. The van der Waals surface area contributed by atoms with E-state index in [9.17, 15) is 9.50 Å². The summed E-state index contributed by atoms with van der Waals surface area (Å²) in [4.78, 5) is 0. The van der Waals surface area contributed by atoms with Crippen molar-refractivity contribution in [3.63, 3.8) is 0 Å². The Kier molecular flexibility index (Phi) is 4.76. The van der Waals surface area contributed by atoms with Crippen LogP contribution in [0.2, 0.25) is 0 Å². The van der Waals surface area contributed by atoms with E-state index in [0.717, 1.165) is 30.2 Å². The van der Waals surface area contributed by atoms with Gasteiger partial charge in [0.05, 0.1) is 6.10 Å². The van der Waals surface area contributed by atoms with Crippen LogP contribution in [0.3, 0.4) is 0 Å². The van der Waals surface area contributed by atoms with Crippen molar-refractivity contribution in [3.05, 3.63) is 34.1 Å². The summed E-state index contributed by atoms with van der Waals surface area (Å²) in [5.41, 5.74) is 0.679. The molecule has 1 saturated carbocycles. The Bertz CT molecular complexity index is 413. The normalized spacial score (nSPS) is 26.0. The molecular weight excluding hydrogens is 297 g/mol. The molecule has 2 rings (SSSR count). The van der Waals surface area contributed by atoms with E-state index in [4.69, 9.17) is 0 Å². The standard InChI is InChI=1S/C14H19BrFNO/c1-9(13-6-5-10(15)7-14(13)16)17-11-3-2-4-12(18)8-11/h5-7,9,11-12,17-18H,2-4,8H2,1H3. The molecule has 3 unspecified atom stereocenters. The Morgan fingerprint density at radius 1 is 1.44 bits per heavy atom. The molecular formula is C14H19BrFNO. The third kappa shape index (κ3) is 3.53. The summed E-state index contributed by atoms with van der Waals surface area (Å²) < 4.78 is 14.6. The Morgan fingerprint density at radius 2 is 2.22 bits per heavy atom. The third-order valence-corrected chi connectivity index (χ3v) is 4.05. The van der Waals surface area contributed by atoms with Crippen LogP contribution in [0.1, 0.15) is 44.2 Å². The fourth-order valence-electron chi connectivity index (χ4n) is 2.61. The molecule has 0 heterocycles. The monoisotopic (exact) mass is 315 g/mol. The van der Waals surface area contributed by atoms with Crippen LogP contribution < -0.4 is 5.32 Å². The van der Waals surface area contributed by atoms with Crippen molar-refractivity contribution in [2.24, 2.45) is 0 Å². The van der Waals surface area contributed by atoms with Gasteiger partial charge in [-0.05, 0) is 44.7 Å². The van der Waals surface area contributed by atoms with Crippen molar-refractivity contribution in [2.45, 2.75) is 50.8 Å². The van der Waals surface area contributed by atoms with Gasteiger partial charge in [-0.15, -0.1) is 0 Å². The topological polar surface area (TPSA) is 32.3 Å². The highest BCUT2D eigenvalue weighted by molar-refractivity contribution is 9.10. The van der Waals surface area contributed by atoms with Gasteiger partial charge in [0.2, 0.25) is 0 Å². The quantitative estimate of drug-likeness (QED) is 0.894. The molecule has 4 heteroatoms. The van der Waals surface area contributed by atoms with Gasteiger partial charge in [-0.25, -0.2) is 4.39 Å². The predicted molar refractivity (Wildman–Crippen MR) is 73.9 cm³/mol. The van der Waals surface area contributed by atoms with Crippen molar-refractivity contribution in [3.8, 4) is 0 Å². The molecule has 0 aromatic heterocycles. The molecule has 0 amide bonds. The molecule has 1 aliphatic rings. The lowest BCUT2D eigenvalue weighted by molar-refractivity contribution is 0.109. The number of benzene rings is 1. The minimum absolute atomic E-state index is 0.0339. The smallest absolute Gasteiger partial charge is 0.129 e.